The fourth-order valence-electron chi connectivity index (χ4n) is 2.29. The summed E-state index contributed by atoms with van der Waals surface area (Å²) in [6, 6.07) is 14.0. The van der Waals surface area contributed by atoms with E-state index >= 15 is 0 Å². The molecule has 0 bridgehead atoms. The predicted molar refractivity (Wildman–Crippen MR) is 79.8 cm³/mol. The molecule has 0 N–H and O–H groups in total. The molecule has 0 aliphatic rings. The fourth-order valence-corrected chi connectivity index (χ4v) is 2.29. The Balaban J connectivity index is 2.38. The molecule has 0 amide bonds. The molecule has 0 unspecified atom stereocenters. The van der Waals surface area contributed by atoms with Crippen LogP contribution in [0.25, 0.3) is 0 Å². The third kappa shape index (κ3) is 3.11. The van der Waals surface area contributed by atoms with Crippen molar-refractivity contribution in [3.05, 3.63) is 70.3 Å². The predicted octanol–water partition coefficient (Wildman–Crippen LogP) is 4.49. The van der Waals surface area contributed by atoms with Crippen LogP contribution in [0.4, 0.5) is 0 Å². The van der Waals surface area contributed by atoms with Crippen LogP contribution in [-0.2, 0) is 6.42 Å². The van der Waals surface area contributed by atoms with E-state index < -0.39 is 0 Å². The highest BCUT2D eigenvalue weighted by molar-refractivity contribution is 6.10. The lowest BCUT2D eigenvalue weighted by atomic mass is 9.96. The second-order valence-corrected chi connectivity index (χ2v) is 5.10. The first-order chi connectivity index (χ1) is 9.11. The summed E-state index contributed by atoms with van der Waals surface area (Å²) in [6.07, 6.45) is 2.12. The van der Waals surface area contributed by atoms with Crippen LogP contribution in [0.2, 0.25) is 0 Å². The molecule has 0 spiro atoms. The maximum absolute atomic E-state index is 12.6. The van der Waals surface area contributed by atoms with Crippen molar-refractivity contribution in [2.45, 2.75) is 33.6 Å². The average Bonchev–Trinajstić information content (AvgIpc) is 2.41. The van der Waals surface area contributed by atoms with Gasteiger partial charge in [-0.25, -0.2) is 0 Å². The SMILES string of the molecule is CCCc1cccc(C(=O)c2cc(C)ccc2C)c1. The lowest BCUT2D eigenvalue weighted by molar-refractivity contribution is 0.103. The Kier molecular flexibility index (Phi) is 4.16. The molecule has 0 saturated heterocycles. The van der Waals surface area contributed by atoms with Crippen LogP contribution in [0.3, 0.4) is 0 Å². The van der Waals surface area contributed by atoms with E-state index in [4.69, 9.17) is 0 Å². The fraction of sp³-hybridized carbons (Fsp3) is 0.278. The molecule has 1 nitrogen and oxygen atoms in total. The molecule has 0 aliphatic carbocycles. The van der Waals surface area contributed by atoms with Gasteiger partial charge in [-0.2, -0.15) is 0 Å². The van der Waals surface area contributed by atoms with Gasteiger partial charge in [0.25, 0.3) is 0 Å². The third-order valence-electron chi connectivity index (χ3n) is 3.37. The molecule has 2 aromatic carbocycles. The zero-order valence-electron chi connectivity index (χ0n) is 11.9. The second-order valence-electron chi connectivity index (χ2n) is 5.10. The summed E-state index contributed by atoms with van der Waals surface area (Å²) < 4.78 is 0. The number of ketones is 1. The van der Waals surface area contributed by atoms with Crippen molar-refractivity contribution < 1.29 is 4.79 Å². The summed E-state index contributed by atoms with van der Waals surface area (Å²) >= 11 is 0. The highest BCUT2D eigenvalue weighted by Crippen LogP contribution is 2.17. The highest BCUT2D eigenvalue weighted by atomic mass is 16.1. The van der Waals surface area contributed by atoms with Crippen LogP contribution in [-0.4, -0.2) is 5.78 Å². The van der Waals surface area contributed by atoms with Crippen LogP contribution in [0.5, 0.6) is 0 Å². The number of aryl methyl sites for hydroxylation is 3. The minimum atomic E-state index is 0.124. The van der Waals surface area contributed by atoms with Gasteiger partial charge in [0.05, 0.1) is 0 Å². The Hall–Kier alpha value is -1.89. The van der Waals surface area contributed by atoms with Crippen molar-refractivity contribution >= 4 is 5.78 Å². The maximum atomic E-state index is 12.6. The Bertz CT molecular complexity index is 596. The molecule has 0 heterocycles. The molecule has 0 aliphatic heterocycles. The van der Waals surface area contributed by atoms with E-state index in [0.29, 0.717) is 0 Å². The molecule has 19 heavy (non-hydrogen) atoms. The second kappa shape index (κ2) is 5.83. The van der Waals surface area contributed by atoms with Gasteiger partial charge in [0.1, 0.15) is 0 Å². The first-order valence-corrected chi connectivity index (χ1v) is 6.82. The smallest absolute Gasteiger partial charge is 0.193 e. The van der Waals surface area contributed by atoms with Crippen molar-refractivity contribution in [3.63, 3.8) is 0 Å². The molecular formula is C18H20O. The van der Waals surface area contributed by atoms with Crippen molar-refractivity contribution in [2.24, 2.45) is 0 Å². The molecule has 0 saturated carbocycles. The largest absolute Gasteiger partial charge is 0.289 e. The minimum Gasteiger partial charge on any atom is -0.289 e. The zero-order chi connectivity index (χ0) is 13.8. The third-order valence-corrected chi connectivity index (χ3v) is 3.37. The number of hydrogen-bond acceptors (Lipinski definition) is 1. The average molecular weight is 252 g/mol. The van der Waals surface area contributed by atoms with E-state index in [1.807, 2.05) is 50.2 Å². The Labute approximate surface area is 115 Å². The summed E-state index contributed by atoms with van der Waals surface area (Å²) in [5.41, 5.74) is 5.00. The van der Waals surface area contributed by atoms with E-state index in [1.165, 1.54) is 5.56 Å². The summed E-state index contributed by atoms with van der Waals surface area (Å²) in [6.45, 7) is 6.16. The van der Waals surface area contributed by atoms with Gasteiger partial charge < -0.3 is 0 Å². The monoisotopic (exact) mass is 252 g/mol. The summed E-state index contributed by atoms with van der Waals surface area (Å²) in [7, 11) is 0. The summed E-state index contributed by atoms with van der Waals surface area (Å²) in [4.78, 5) is 12.6. The van der Waals surface area contributed by atoms with Crippen molar-refractivity contribution in [1.82, 2.24) is 0 Å². The van der Waals surface area contributed by atoms with Crippen LogP contribution in [0.1, 0.15) is 46.0 Å². The van der Waals surface area contributed by atoms with Gasteiger partial charge in [-0.3, -0.25) is 4.79 Å². The standard InChI is InChI=1S/C18H20O/c1-4-6-15-7-5-8-16(12-15)18(19)17-11-13(2)9-10-14(17)3/h5,7-12H,4,6H2,1-3H3. The van der Waals surface area contributed by atoms with Gasteiger partial charge in [-0.05, 0) is 43.5 Å². The molecule has 0 radical (unpaired) electrons. The maximum Gasteiger partial charge on any atom is 0.193 e. The molecule has 98 valence electrons. The van der Waals surface area contributed by atoms with Crippen LogP contribution in [0.15, 0.2) is 42.5 Å². The normalized spacial score (nSPS) is 10.5. The van der Waals surface area contributed by atoms with Gasteiger partial charge in [0.15, 0.2) is 5.78 Å². The van der Waals surface area contributed by atoms with Gasteiger partial charge in [0, 0.05) is 11.1 Å². The molecule has 0 aromatic heterocycles. The molecule has 1 heteroatoms. The van der Waals surface area contributed by atoms with Gasteiger partial charge >= 0.3 is 0 Å². The van der Waals surface area contributed by atoms with E-state index in [1.54, 1.807) is 0 Å². The quantitative estimate of drug-likeness (QED) is 0.733. The first-order valence-electron chi connectivity index (χ1n) is 6.82. The zero-order valence-corrected chi connectivity index (χ0v) is 11.9. The number of carbonyl (C=O) groups is 1. The molecular weight excluding hydrogens is 232 g/mol. The van der Waals surface area contributed by atoms with Crippen molar-refractivity contribution in [1.29, 1.82) is 0 Å². The van der Waals surface area contributed by atoms with Gasteiger partial charge in [0.2, 0.25) is 0 Å². The molecule has 2 aromatic rings. The summed E-state index contributed by atoms with van der Waals surface area (Å²) in [5.74, 6) is 0.124. The summed E-state index contributed by atoms with van der Waals surface area (Å²) in [5, 5.41) is 0. The van der Waals surface area contributed by atoms with Crippen LogP contribution < -0.4 is 0 Å². The van der Waals surface area contributed by atoms with E-state index in [9.17, 15) is 4.79 Å². The lowest BCUT2D eigenvalue weighted by Gasteiger charge is -2.08. The molecule has 2 rings (SSSR count). The molecule has 0 atom stereocenters. The Morgan fingerprint density at radius 1 is 1.05 bits per heavy atom. The van der Waals surface area contributed by atoms with Crippen LogP contribution in [0, 0.1) is 13.8 Å². The first kappa shape index (κ1) is 13.5. The number of benzene rings is 2. The Morgan fingerprint density at radius 2 is 1.84 bits per heavy atom. The number of hydrogen-bond donors (Lipinski definition) is 0. The topological polar surface area (TPSA) is 17.1 Å². The van der Waals surface area contributed by atoms with Gasteiger partial charge in [-0.1, -0.05) is 49.2 Å². The van der Waals surface area contributed by atoms with Crippen molar-refractivity contribution in [2.75, 3.05) is 0 Å². The van der Waals surface area contributed by atoms with Gasteiger partial charge in [-0.15, -0.1) is 0 Å². The highest BCUT2D eigenvalue weighted by Gasteiger charge is 2.12. The van der Waals surface area contributed by atoms with E-state index in [2.05, 4.69) is 13.0 Å². The molecule has 0 fully saturated rings. The van der Waals surface area contributed by atoms with E-state index in [-0.39, 0.29) is 5.78 Å². The van der Waals surface area contributed by atoms with E-state index in [0.717, 1.165) is 35.1 Å². The minimum absolute atomic E-state index is 0.124. The van der Waals surface area contributed by atoms with Crippen molar-refractivity contribution in [3.8, 4) is 0 Å². The number of carbonyl (C=O) groups excluding carboxylic acids is 1. The Morgan fingerprint density at radius 3 is 2.58 bits per heavy atom. The lowest BCUT2D eigenvalue weighted by Crippen LogP contribution is -2.04. The van der Waals surface area contributed by atoms with Crippen LogP contribution >= 0.6 is 0 Å². The number of rotatable bonds is 4.